The first-order valence-electron chi connectivity index (χ1n) is 7.44. The fourth-order valence-corrected chi connectivity index (χ4v) is 2.47. The zero-order chi connectivity index (χ0) is 16.8. The molecular weight excluding hydrogens is 290 g/mol. The van der Waals surface area contributed by atoms with Gasteiger partial charge in [-0.05, 0) is 40.0 Å². The van der Waals surface area contributed by atoms with Gasteiger partial charge < -0.3 is 24.3 Å². The highest BCUT2D eigenvalue weighted by Gasteiger charge is 2.36. The smallest absolute Gasteiger partial charge is 0.407 e. The standard InChI is InChI=1S/C15H27NO6/c1-15(2,3)22-14(18)16-11-7-6-10(13(17)20-5)8-12(11)21-9-19-4/h10-12H,6-9H2,1-5H3,(H,16,18). The van der Waals surface area contributed by atoms with Gasteiger partial charge in [-0.1, -0.05) is 0 Å². The molecule has 0 bridgehead atoms. The molecule has 1 aliphatic carbocycles. The maximum atomic E-state index is 11.9. The number of hydrogen-bond donors (Lipinski definition) is 1. The highest BCUT2D eigenvalue weighted by atomic mass is 16.7. The van der Waals surface area contributed by atoms with Crippen LogP contribution in [0, 0.1) is 5.92 Å². The molecule has 0 aromatic carbocycles. The van der Waals surface area contributed by atoms with E-state index in [2.05, 4.69) is 5.32 Å². The van der Waals surface area contributed by atoms with Crippen molar-refractivity contribution in [2.24, 2.45) is 5.92 Å². The fourth-order valence-electron chi connectivity index (χ4n) is 2.47. The number of nitrogens with one attached hydrogen (secondary N) is 1. The van der Waals surface area contributed by atoms with Crippen LogP contribution in [0.4, 0.5) is 4.79 Å². The molecule has 1 fully saturated rings. The number of carbonyl (C=O) groups is 2. The third-order valence-electron chi connectivity index (χ3n) is 3.43. The Hall–Kier alpha value is -1.34. The molecule has 0 heterocycles. The monoisotopic (exact) mass is 317 g/mol. The Bertz CT molecular complexity index is 379. The second-order valence-corrected chi connectivity index (χ2v) is 6.40. The minimum absolute atomic E-state index is 0.102. The number of esters is 1. The fraction of sp³-hybridized carbons (Fsp3) is 0.867. The topological polar surface area (TPSA) is 83.1 Å². The van der Waals surface area contributed by atoms with E-state index in [0.717, 1.165) is 0 Å². The molecule has 1 saturated carbocycles. The molecule has 0 saturated heterocycles. The second-order valence-electron chi connectivity index (χ2n) is 6.40. The molecule has 0 spiro atoms. The predicted octanol–water partition coefficient (Wildman–Crippen LogP) is 1.84. The highest BCUT2D eigenvalue weighted by molar-refractivity contribution is 5.72. The highest BCUT2D eigenvalue weighted by Crippen LogP contribution is 2.28. The zero-order valence-corrected chi connectivity index (χ0v) is 14.0. The number of hydrogen-bond acceptors (Lipinski definition) is 6. The summed E-state index contributed by atoms with van der Waals surface area (Å²) in [6.45, 7) is 5.52. The van der Waals surface area contributed by atoms with E-state index in [1.807, 2.05) is 0 Å². The second kappa shape index (κ2) is 8.33. The maximum absolute atomic E-state index is 11.9. The van der Waals surface area contributed by atoms with E-state index >= 15 is 0 Å². The molecule has 0 aromatic rings. The molecule has 7 heteroatoms. The molecule has 22 heavy (non-hydrogen) atoms. The predicted molar refractivity (Wildman–Crippen MR) is 79.3 cm³/mol. The molecule has 0 aliphatic heterocycles. The van der Waals surface area contributed by atoms with Crippen LogP contribution in [-0.2, 0) is 23.7 Å². The Morgan fingerprint density at radius 1 is 1.18 bits per heavy atom. The first kappa shape index (κ1) is 18.7. The van der Waals surface area contributed by atoms with Crippen molar-refractivity contribution in [3.8, 4) is 0 Å². The molecular formula is C15H27NO6. The van der Waals surface area contributed by atoms with Gasteiger partial charge in [-0.2, -0.15) is 0 Å². The Morgan fingerprint density at radius 2 is 1.86 bits per heavy atom. The van der Waals surface area contributed by atoms with Crippen molar-refractivity contribution in [2.75, 3.05) is 21.0 Å². The lowest BCUT2D eigenvalue weighted by molar-refractivity contribution is -0.152. The Kier molecular flexibility index (Phi) is 7.09. The number of amides is 1. The van der Waals surface area contributed by atoms with Gasteiger partial charge in [0.05, 0.1) is 25.2 Å². The van der Waals surface area contributed by atoms with Crippen LogP contribution in [0.1, 0.15) is 40.0 Å². The molecule has 1 rings (SSSR count). The van der Waals surface area contributed by atoms with Crippen molar-refractivity contribution >= 4 is 12.1 Å². The maximum Gasteiger partial charge on any atom is 0.407 e. The van der Waals surface area contributed by atoms with E-state index in [9.17, 15) is 9.59 Å². The number of carbonyl (C=O) groups excluding carboxylic acids is 2. The molecule has 3 unspecified atom stereocenters. The number of rotatable bonds is 5. The number of alkyl carbamates (subject to hydrolysis) is 1. The van der Waals surface area contributed by atoms with Gasteiger partial charge >= 0.3 is 12.1 Å². The van der Waals surface area contributed by atoms with Crippen LogP contribution in [-0.4, -0.2) is 50.8 Å². The van der Waals surface area contributed by atoms with Gasteiger partial charge in [0.1, 0.15) is 12.4 Å². The summed E-state index contributed by atoms with van der Waals surface area (Å²) in [5.74, 6) is -0.467. The molecule has 1 amide bonds. The van der Waals surface area contributed by atoms with Crippen molar-refractivity contribution in [1.82, 2.24) is 5.32 Å². The van der Waals surface area contributed by atoms with Crippen molar-refractivity contribution in [2.45, 2.75) is 57.8 Å². The van der Waals surface area contributed by atoms with Crippen molar-refractivity contribution in [3.63, 3.8) is 0 Å². The van der Waals surface area contributed by atoms with E-state index in [1.165, 1.54) is 14.2 Å². The molecule has 0 radical (unpaired) electrons. The van der Waals surface area contributed by atoms with Gasteiger partial charge in [0, 0.05) is 7.11 Å². The van der Waals surface area contributed by atoms with Crippen LogP contribution in [0.2, 0.25) is 0 Å². The van der Waals surface area contributed by atoms with Gasteiger partial charge in [-0.15, -0.1) is 0 Å². The Labute approximate surface area is 131 Å². The summed E-state index contributed by atoms with van der Waals surface area (Å²) in [4.78, 5) is 23.6. The summed E-state index contributed by atoms with van der Waals surface area (Å²) in [5.41, 5.74) is -0.559. The Morgan fingerprint density at radius 3 is 2.41 bits per heavy atom. The summed E-state index contributed by atoms with van der Waals surface area (Å²) >= 11 is 0. The van der Waals surface area contributed by atoms with Crippen LogP contribution in [0.3, 0.4) is 0 Å². The lowest BCUT2D eigenvalue weighted by Crippen LogP contribution is -2.50. The summed E-state index contributed by atoms with van der Waals surface area (Å²) in [5, 5.41) is 2.82. The van der Waals surface area contributed by atoms with Crippen molar-refractivity contribution < 1.29 is 28.5 Å². The van der Waals surface area contributed by atoms with Crippen molar-refractivity contribution in [1.29, 1.82) is 0 Å². The van der Waals surface area contributed by atoms with Crippen LogP contribution in [0.5, 0.6) is 0 Å². The summed E-state index contributed by atoms with van der Waals surface area (Å²) in [6, 6.07) is -0.217. The molecule has 0 aromatic heterocycles. The van der Waals surface area contributed by atoms with E-state index in [1.54, 1.807) is 20.8 Å². The van der Waals surface area contributed by atoms with E-state index in [4.69, 9.17) is 18.9 Å². The van der Waals surface area contributed by atoms with E-state index < -0.39 is 11.7 Å². The van der Waals surface area contributed by atoms with Gasteiger partial charge in [-0.25, -0.2) is 4.79 Å². The normalized spacial score (nSPS) is 25.4. The SMILES string of the molecule is COCOC1CC(C(=O)OC)CCC1NC(=O)OC(C)(C)C. The molecule has 128 valence electrons. The van der Waals surface area contributed by atoms with Crippen LogP contribution >= 0.6 is 0 Å². The zero-order valence-electron chi connectivity index (χ0n) is 14.0. The van der Waals surface area contributed by atoms with E-state index in [0.29, 0.717) is 19.3 Å². The Balaban J connectivity index is 2.63. The molecule has 1 aliphatic rings. The molecule has 7 nitrogen and oxygen atoms in total. The van der Waals surface area contributed by atoms with Gasteiger partial charge in [0.15, 0.2) is 0 Å². The van der Waals surface area contributed by atoms with Gasteiger partial charge in [0.25, 0.3) is 0 Å². The minimum atomic E-state index is -0.559. The third-order valence-corrected chi connectivity index (χ3v) is 3.43. The largest absolute Gasteiger partial charge is 0.469 e. The third kappa shape index (κ3) is 6.19. The lowest BCUT2D eigenvalue weighted by atomic mass is 9.84. The molecule has 3 atom stereocenters. The minimum Gasteiger partial charge on any atom is -0.469 e. The molecule has 1 N–H and O–H groups in total. The first-order chi connectivity index (χ1) is 10.3. The van der Waals surface area contributed by atoms with Crippen molar-refractivity contribution in [3.05, 3.63) is 0 Å². The van der Waals surface area contributed by atoms with Gasteiger partial charge in [-0.3, -0.25) is 4.79 Å². The average Bonchev–Trinajstić information content (AvgIpc) is 2.43. The average molecular weight is 317 g/mol. The van der Waals surface area contributed by atoms with Crippen LogP contribution in [0.15, 0.2) is 0 Å². The lowest BCUT2D eigenvalue weighted by Gasteiger charge is -2.35. The van der Waals surface area contributed by atoms with E-state index in [-0.39, 0.29) is 30.8 Å². The number of ether oxygens (including phenoxy) is 4. The first-order valence-corrected chi connectivity index (χ1v) is 7.44. The van der Waals surface area contributed by atoms with Crippen LogP contribution in [0.25, 0.3) is 0 Å². The summed E-state index contributed by atoms with van der Waals surface area (Å²) < 4.78 is 20.6. The quantitative estimate of drug-likeness (QED) is 0.615. The van der Waals surface area contributed by atoms with Crippen LogP contribution < -0.4 is 5.32 Å². The van der Waals surface area contributed by atoms with Gasteiger partial charge in [0.2, 0.25) is 0 Å². The number of methoxy groups -OCH3 is 2. The summed E-state index contributed by atoms with van der Waals surface area (Å²) in [6.07, 6.45) is 0.939. The summed E-state index contributed by atoms with van der Waals surface area (Å²) in [7, 11) is 2.90.